The van der Waals surface area contributed by atoms with Gasteiger partial charge in [-0.3, -0.25) is 0 Å². The predicted molar refractivity (Wildman–Crippen MR) is 77.5 cm³/mol. The molecule has 2 rings (SSSR count). The predicted octanol–water partition coefficient (Wildman–Crippen LogP) is 5.87. The summed E-state index contributed by atoms with van der Waals surface area (Å²) in [6, 6.07) is 9.39. The van der Waals surface area contributed by atoms with Gasteiger partial charge in [0.1, 0.15) is 11.6 Å². The molecule has 0 heterocycles. The fourth-order valence-electron chi connectivity index (χ4n) is 1.74. The first-order valence-electron chi connectivity index (χ1n) is 6.35. The molecule has 0 unspecified atom stereocenters. The summed E-state index contributed by atoms with van der Waals surface area (Å²) >= 11 is 5.82. The number of aryl methyl sites for hydroxylation is 1. The fraction of sp³-hybridized carbons (Fsp3) is 0.250. The van der Waals surface area contributed by atoms with Crippen molar-refractivity contribution in [1.82, 2.24) is 0 Å². The van der Waals surface area contributed by atoms with Gasteiger partial charge in [-0.2, -0.15) is 0 Å². The van der Waals surface area contributed by atoms with Crippen LogP contribution in [-0.2, 0) is 6.42 Å². The lowest BCUT2D eigenvalue weighted by atomic mass is 10.0. The van der Waals surface area contributed by atoms with E-state index in [1.165, 1.54) is 18.2 Å². The number of hydrogen-bond donors (Lipinski definition) is 0. The van der Waals surface area contributed by atoms with Gasteiger partial charge in [0.05, 0.1) is 5.02 Å². The summed E-state index contributed by atoms with van der Waals surface area (Å²) in [6.45, 7) is 5.85. The Hall–Kier alpha value is -1.41. The van der Waals surface area contributed by atoms with Crippen LogP contribution in [0.15, 0.2) is 36.4 Å². The third-order valence-electron chi connectivity index (χ3n) is 2.64. The monoisotopic (exact) mass is 282 g/mol. The maximum Gasteiger partial charge on any atom is 0.145 e. The third kappa shape index (κ3) is 3.77. The van der Waals surface area contributed by atoms with Gasteiger partial charge in [-0.25, -0.2) is 8.78 Å². The quantitative estimate of drug-likeness (QED) is 0.646. The molecule has 2 aromatic carbocycles. The fourth-order valence-corrected chi connectivity index (χ4v) is 1.98. The minimum Gasteiger partial charge on any atom is -0.207 e. The van der Waals surface area contributed by atoms with Crippen LogP contribution in [0.2, 0.25) is 5.02 Å². The van der Waals surface area contributed by atoms with Crippen LogP contribution < -0.4 is 0 Å². The Morgan fingerprint density at radius 2 is 1.68 bits per heavy atom. The van der Waals surface area contributed by atoms with Crippen molar-refractivity contribution in [1.29, 1.82) is 0 Å². The van der Waals surface area contributed by atoms with Gasteiger partial charge in [0.2, 0.25) is 0 Å². The van der Waals surface area contributed by atoms with E-state index < -0.39 is 5.82 Å². The Morgan fingerprint density at radius 1 is 1.00 bits per heavy atom. The van der Waals surface area contributed by atoms with E-state index in [1.54, 1.807) is 18.2 Å². The summed E-state index contributed by atoms with van der Waals surface area (Å²) in [5.74, 6) is -0.713. The summed E-state index contributed by atoms with van der Waals surface area (Å²) < 4.78 is 26.7. The first-order valence-corrected chi connectivity index (χ1v) is 6.73. The van der Waals surface area contributed by atoms with Crippen LogP contribution in [0.25, 0.3) is 11.1 Å². The molecule has 102 valence electrons. The van der Waals surface area contributed by atoms with Crippen molar-refractivity contribution < 1.29 is 8.78 Å². The highest BCUT2D eigenvalue weighted by Gasteiger charge is 2.09. The van der Waals surface area contributed by atoms with Gasteiger partial charge >= 0.3 is 0 Å². The lowest BCUT2D eigenvalue weighted by molar-refractivity contribution is 0.613. The number of rotatable bonds is 2. The molecule has 0 bridgehead atoms. The van der Waals surface area contributed by atoms with E-state index in [1.807, 2.05) is 20.8 Å². The highest BCUT2D eigenvalue weighted by atomic mass is 35.5. The lowest BCUT2D eigenvalue weighted by Crippen LogP contribution is -1.91. The average Bonchev–Trinajstić information content (AvgIpc) is 2.44. The van der Waals surface area contributed by atoms with Crippen LogP contribution in [0.4, 0.5) is 8.78 Å². The normalized spacial score (nSPS) is 9.79. The SMILES string of the molecule is CC.CCc1cc(-c2cccc(F)c2)cc(Cl)c1F. The molecule has 0 fully saturated rings. The molecule has 0 aliphatic rings. The smallest absolute Gasteiger partial charge is 0.145 e. The van der Waals surface area contributed by atoms with Crippen LogP contribution in [0.1, 0.15) is 26.3 Å². The van der Waals surface area contributed by atoms with E-state index >= 15 is 0 Å². The maximum absolute atomic E-state index is 13.6. The standard InChI is InChI=1S/C14H11ClF2.C2H6/c1-2-9-6-11(8-13(15)14(9)17)10-4-3-5-12(16)7-10;1-2/h3-8H,2H2,1H3;1-2H3. The first-order chi connectivity index (χ1) is 9.11. The molecule has 0 spiro atoms. The Bertz CT molecular complexity index is 550. The van der Waals surface area contributed by atoms with Crippen LogP contribution in [0.3, 0.4) is 0 Å². The van der Waals surface area contributed by atoms with E-state index in [-0.39, 0.29) is 10.8 Å². The highest BCUT2D eigenvalue weighted by Crippen LogP contribution is 2.28. The maximum atomic E-state index is 13.6. The van der Waals surface area contributed by atoms with Crippen LogP contribution >= 0.6 is 11.6 Å². The van der Waals surface area contributed by atoms with Gasteiger partial charge in [-0.15, -0.1) is 0 Å². The molecule has 0 saturated carbocycles. The van der Waals surface area contributed by atoms with Crippen molar-refractivity contribution in [3.8, 4) is 11.1 Å². The van der Waals surface area contributed by atoms with E-state index in [0.717, 1.165) is 5.56 Å². The summed E-state index contributed by atoms with van der Waals surface area (Å²) in [5, 5.41) is 0.0728. The van der Waals surface area contributed by atoms with Gasteiger partial charge in [0, 0.05) is 0 Å². The van der Waals surface area contributed by atoms with Crippen molar-refractivity contribution in [2.75, 3.05) is 0 Å². The molecule has 0 saturated heterocycles. The minimum absolute atomic E-state index is 0.0728. The molecule has 0 aliphatic heterocycles. The van der Waals surface area contributed by atoms with Gasteiger partial charge in [0.25, 0.3) is 0 Å². The summed E-state index contributed by atoms with van der Waals surface area (Å²) in [6.07, 6.45) is 0.550. The lowest BCUT2D eigenvalue weighted by Gasteiger charge is -2.07. The van der Waals surface area contributed by atoms with Crippen molar-refractivity contribution >= 4 is 11.6 Å². The van der Waals surface area contributed by atoms with E-state index in [9.17, 15) is 8.78 Å². The van der Waals surface area contributed by atoms with Crippen molar-refractivity contribution in [2.45, 2.75) is 27.2 Å². The molecule has 19 heavy (non-hydrogen) atoms. The largest absolute Gasteiger partial charge is 0.207 e. The first kappa shape index (κ1) is 15.6. The zero-order valence-electron chi connectivity index (χ0n) is 11.3. The van der Waals surface area contributed by atoms with Crippen molar-refractivity contribution in [3.63, 3.8) is 0 Å². The second-order valence-corrected chi connectivity index (χ2v) is 4.20. The molecule has 0 aliphatic carbocycles. The Labute approximate surface area is 118 Å². The van der Waals surface area contributed by atoms with E-state index in [0.29, 0.717) is 17.5 Å². The zero-order valence-corrected chi connectivity index (χ0v) is 12.1. The van der Waals surface area contributed by atoms with E-state index in [2.05, 4.69) is 0 Å². The molecule has 0 nitrogen and oxygen atoms in total. The topological polar surface area (TPSA) is 0 Å². The minimum atomic E-state index is -0.394. The molecular formula is C16H17ClF2. The molecule has 0 atom stereocenters. The molecule has 0 N–H and O–H groups in total. The van der Waals surface area contributed by atoms with Crippen LogP contribution in [0.5, 0.6) is 0 Å². The summed E-state index contributed by atoms with van der Waals surface area (Å²) in [7, 11) is 0. The molecule has 0 aromatic heterocycles. The van der Waals surface area contributed by atoms with Crippen molar-refractivity contribution in [3.05, 3.63) is 58.6 Å². The van der Waals surface area contributed by atoms with Gasteiger partial charge in [0.15, 0.2) is 0 Å². The van der Waals surface area contributed by atoms with Crippen molar-refractivity contribution in [2.24, 2.45) is 0 Å². The Morgan fingerprint density at radius 3 is 2.26 bits per heavy atom. The third-order valence-corrected chi connectivity index (χ3v) is 2.92. The second kappa shape index (κ2) is 7.25. The van der Waals surface area contributed by atoms with Crippen LogP contribution in [0, 0.1) is 11.6 Å². The second-order valence-electron chi connectivity index (χ2n) is 3.80. The molecular weight excluding hydrogens is 266 g/mol. The highest BCUT2D eigenvalue weighted by molar-refractivity contribution is 6.31. The van der Waals surface area contributed by atoms with E-state index in [4.69, 9.17) is 11.6 Å². The Balaban J connectivity index is 0.000000861. The number of halogens is 3. The summed E-state index contributed by atoms with van der Waals surface area (Å²) in [4.78, 5) is 0. The zero-order chi connectivity index (χ0) is 14.4. The van der Waals surface area contributed by atoms with Gasteiger partial charge < -0.3 is 0 Å². The average molecular weight is 283 g/mol. The van der Waals surface area contributed by atoms with Gasteiger partial charge in [-0.1, -0.05) is 44.5 Å². The Kier molecular flexibility index (Phi) is 5.97. The molecule has 3 heteroatoms. The van der Waals surface area contributed by atoms with Crippen LogP contribution in [-0.4, -0.2) is 0 Å². The molecule has 0 amide bonds. The number of benzene rings is 2. The number of hydrogen-bond acceptors (Lipinski definition) is 0. The molecule has 2 aromatic rings. The molecule has 0 radical (unpaired) electrons. The summed E-state index contributed by atoms with van der Waals surface area (Å²) in [5.41, 5.74) is 1.96. The van der Waals surface area contributed by atoms with Gasteiger partial charge in [-0.05, 0) is 47.4 Å².